The third-order valence-electron chi connectivity index (χ3n) is 4.01. The number of rotatable bonds is 4. The molecule has 0 radical (unpaired) electrons. The van der Waals surface area contributed by atoms with E-state index in [4.69, 9.17) is 5.26 Å². The Morgan fingerprint density at radius 2 is 1.82 bits per heavy atom. The lowest BCUT2D eigenvalue weighted by Crippen LogP contribution is -2.44. The van der Waals surface area contributed by atoms with E-state index in [1.165, 1.54) is 6.92 Å². The van der Waals surface area contributed by atoms with Gasteiger partial charge < -0.3 is 4.90 Å². The van der Waals surface area contributed by atoms with Crippen molar-refractivity contribution in [2.24, 2.45) is 0 Å². The van der Waals surface area contributed by atoms with Gasteiger partial charge in [0.15, 0.2) is 9.84 Å². The third kappa shape index (κ3) is 3.86. The number of carbonyl (C=O) groups excluding carboxylic acids is 1. The molecule has 0 spiro atoms. The van der Waals surface area contributed by atoms with Gasteiger partial charge in [-0.1, -0.05) is 12.1 Å². The van der Waals surface area contributed by atoms with Gasteiger partial charge in [-0.25, -0.2) is 8.42 Å². The van der Waals surface area contributed by atoms with E-state index in [-0.39, 0.29) is 11.7 Å². The molecule has 0 bridgehead atoms. The summed E-state index contributed by atoms with van der Waals surface area (Å²) in [5, 5.41) is 7.72. The van der Waals surface area contributed by atoms with Crippen molar-refractivity contribution < 1.29 is 13.2 Å². The van der Waals surface area contributed by atoms with E-state index in [1.54, 1.807) is 29.2 Å². The molecule has 1 aromatic rings. The highest BCUT2D eigenvalue weighted by Gasteiger charge is 2.32. The first-order valence-electron chi connectivity index (χ1n) is 7.43. The minimum Gasteiger partial charge on any atom is -0.342 e. The highest BCUT2D eigenvalue weighted by molar-refractivity contribution is 7.92. The average Bonchev–Trinajstić information content (AvgIpc) is 2.54. The van der Waals surface area contributed by atoms with Crippen molar-refractivity contribution in [3.63, 3.8) is 0 Å². The SMILES string of the molecule is CC(C(=O)N1CCCCC1)S(=O)(=O)Cc1ccc(C#N)cc1. The molecular weight excluding hydrogens is 300 g/mol. The topological polar surface area (TPSA) is 78.2 Å². The van der Waals surface area contributed by atoms with Gasteiger partial charge in [0.25, 0.3) is 0 Å². The first-order valence-corrected chi connectivity index (χ1v) is 9.15. The maximum Gasteiger partial charge on any atom is 0.240 e. The number of likely N-dealkylation sites (tertiary alicyclic amines) is 1. The van der Waals surface area contributed by atoms with Gasteiger partial charge in [-0.15, -0.1) is 0 Å². The van der Waals surface area contributed by atoms with E-state index in [9.17, 15) is 13.2 Å². The lowest BCUT2D eigenvalue weighted by Gasteiger charge is -2.29. The largest absolute Gasteiger partial charge is 0.342 e. The van der Waals surface area contributed by atoms with Crippen LogP contribution < -0.4 is 0 Å². The Morgan fingerprint density at radius 1 is 1.23 bits per heavy atom. The standard InChI is InChI=1S/C16H20N2O3S/c1-13(16(19)18-9-3-2-4-10-18)22(20,21)12-15-7-5-14(11-17)6-8-15/h5-8,13H,2-4,9-10,12H2,1H3. The molecule has 1 atom stereocenters. The molecule has 1 aromatic carbocycles. The Labute approximate surface area is 131 Å². The molecule has 0 aromatic heterocycles. The zero-order chi connectivity index (χ0) is 16.2. The van der Waals surface area contributed by atoms with Crippen LogP contribution in [-0.2, 0) is 20.4 Å². The number of hydrogen-bond acceptors (Lipinski definition) is 4. The van der Waals surface area contributed by atoms with E-state index in [1.807, 2.05) is 6.07 Å². The molecule has 1 unspecified atom stereocenters. The van der Waals surface area contributed by atoms with Gasteiger partial charge in [-0.05, 0) is 43.9 Å². The maximum atomic E-state index is 12.4. The summed E-state index contributed by atoms with van der Waals surface area (Å²) in [4.78, 5) is 14.0. The fraction of sp³-hybridized carbons (Fsp3) is 0.500. The molecule has 1 heterocycles. The zero-order valence-electron chi connectivity index (χ0n) is 12.7. The van der Waals surface area contributed by atoms with Crippen molar-refractivity contribution in [2.75, 3.05) is 13.1 Å². The van der Waals surface area contributed by atoms with E-state index in [0.717, 1.165) is 19.3 Å². The lowest BCUT2D eigenvalue weighted by atomic mass is 10.1. The van der Waals surface area contributed by atoms with E-state index in [2.05, 4.69) is 0 Å². The highest BCUT2D eigenvalue weighted by atomic mass is 32.2. The number of sulfone groups is 1. The van der Waals surface area contributed by atoms with Gasteiger partial charge in [-0.3, -0.25) is 4.79 Å². The van der Waals surface area contributed by atoms with Crippen LogP contribution in [0.15, 0.2) is 24.3 Å². The monoisotopic (exact) mass is 320 g/mol. The van der Waals surface area contributed by atoms with Crippen LogP contribution in [0.2, 0.25) is 0 Å². The molecular formula is C16H20N2O3S. The van der Waals surface area contributed by atoms with Crippen LogP contribution in [0.4, 0.5) is 0 Å². The smallest absolute Gasteiger partial charge is 0.240 e. The second-order valence-electron chi connectivity index (χ2n) is 5.64. The molecule has 1 fully saturated rings. The molecule has 1 aliphatic rings. The quantitative estimate of drug-likeness (QED) is 0.848. The summed E-state index contributed by atoms with van der Waals surface area (Å²) in [6, 6.07) is 8.40. The molecule has 2 rings (SSSR count). The second kappa shape index (κ2) is 6.93. The van der Waals surface area contributed by atoms with Crippen molar-refractivity contribution in [3.05, 3.63) is 35.4 Å². The predicted molar refractivity (Wildman–Crippen MR) is 83.7 cm³/mol. The van der Waals surface area contributed by atoms with Crippen molar-refractivity contribution in [2.45, 2.75) is 37.2 Å². The van der Waals surface area contributed by atoms with Crippen LogP contribution in [0.25, 0.3) is 0 Å². The molecule has 6 heteroatoms. The van der Waals surface area contributed by atoms with Crippen molar-refractivity contribution >= 4 is 15.7 Å². The van der Waals surface area contributed by atoms with Crippen LogP contribution in [-0.4, -0.2) is 37.6 Å². The molecule has 5 nitrogen and oxygen atoms in total. The second-order valence-corrected chi connectivity index (χ2v) is 7.97. The lowest BCUT2D eigenvalue weighted by molar-refractivity contribution is -0.131. The molecule has 0 N–H and O–H groups in total. The van der Waals surface area contributed by atoms with Gasteiger partial charge in [0.2, 0.25) is 5.91 Å². The Morgan fingerprint density at radius 3 is 2.36 bits per heavy atom. The number of hydrogen-bond donors (Lipinski definition) is 0. The fourth-order valence-electron chi connectivity index (χ4n) is 2.56. The summed E-state index contributed by atoms with van der Waals surface area (Å²) in [5.74, 6) is -0.479. The van der Waals surface area contributed by atoms with Crippen LogP contribution >= 0.6 is 0 Å². The maximum absolute atomic E-state index is 12.4. The van der Waals surface area contributed by atoms with Crippen molar-refractivity contribution in [1.82, 2.24) is 4.90 Å². The molecule has 1 amide bonds. The number of amides is 1. The first-order chi connectivity index (χ1) is 10.4. The van der Waals surface area contributed by atoms with Crippen LogP contribution in [0.5, 0.6) is 0 Å². The highest BCUT2D eigenvalue weighted by Crippen LogP contribution is 2.17. The fourth-order valence-corrected chi connectivity index (χ4v) is 3.92. The van der Waals surface area contributed by atoms with Crippen LogP contribution in [0.1, 0.15) is 37.3 Å². The number of carbonyl (C=O) groups is 1. The Bertz CT molecular complexity index is 668. The number of nitrogens with zero attached hydrogens (tertiary/aromatic N) is 2. The molecule has 118 valence electrons. The number of piperidine rings is 1. The van der Waals surface area contributed by atoms with Gasteiger partial charge >= 0.3 is 0 Å². The van der Waals surface area contributed by atoms with E-state index < -0.39 is 15.1 Å². The minimum atomic E-state index is -3.56. The van der Waals surface area contributed by atoms with Gasteiger partial charge in [-0.2, -0.15) is 5.26 Å². The average molecular weight is 320 g/mol. The normalized spacial score (nSPS) is 16.8. The van der Waals surface area contributed by atoms with E-state index in [0.29, 0.717) is 24.2 Å². The van der Waals surface area contributed by atoms with Crippen molar-refractivity contribution in [1.29, 1.82) is 5.26 Å². The summed E-state index contributed by atoms with van der Waals surface area (Å²) >= 11 is 0. The Balaban J connectivity index is 2.07. The van der Waals surface area contributed by atoms with Gasteiger partial charge in [0.1, 0.15) is 5.25 Å². The zero-order valence-corrected chi connectivity index (χ0v) is 13.5. The molecule has 0 saturated carbocycles. The van der Waals surface area contributed by atoms with Crippen LogP contribution in [0.3, 0.4) is 0 Å². The van der Waals surface area contributed by atoms with Crippen molar-refractivity contribution in [3.8, 4) is 6.07 Å². The Kier molecular flexibility index (Phi) is 5.19. The summed E-state index contributed by atoms with van der Waals surface area (Å²) in [5.41, 5.74) is 1.08. The van der Waals surface area contributed by atoms with Gasteiger partial charge in [0.05, 0.1) is 17.4 Å². The van der Waals surface area contributed by atoms with E-state index >= 15 is 0 Å². The summed E-state index contributed by atoms with van der Waals surface area (Å²) < 4.78 is 24.9. The number of nitriles is 1. The van der Waals surface area contributed by atoms with Gasteiger partial charge in [0, 0.05) is 13.1 Å². The van der Waals surface area contributed by atoms with Crippen LogP contribution in [0, 0.1) is 11.3 Å². The molecule has 0 aliphatic carbocycles. The number of benzene rings is 1. The Hall–Kier alpha value is -1.87. The summed E-state index contributed by atoms with van der Waals surface area (Å²) in [7, 11) is -3.56. The molecule has 1 aliphatic heterocycles. The predicted octanol–water partition coefficient (Wildman–Crippen LogP) is 1.87. The minimum absolute atomic E-state index is 0.181. The summed E-state index contributed by atoms with van der Waals surface area (Å²) in [6.45, 7) is 2.76. The summed E-state index contributed by atoms with van der Waals surface area (Å²) in [6.07, 6.45) is 2.97. The third-order valence-corrected chi connectivity index (χ3v) is 6.02. The molecule has 22 heavy (non-hydrogen) atoms. The molecule has 1 saturated heterocycles. The first kappa shape index (κ1) is 16.5.